The summed E-state index contributed by atoms with van der Waals surface area (Å²) >= 11 is 5.29. The summed E-state index contributed by atoms with van der Waals surface area (Å²) in [6.07, 6.45) is -0.279. The van der Waals surface area contributed by atoms with Gasteiger partial charge in [-0.15, -0.1) is 0 Å². The Hall–Kier alpha value is -1.69. The molecule has 0 amide bonds. The Kier molecular flexibility index (Phi) is 2.08. The van der Waals surface area contributed by atoms with E-state index in [1.807, 2.05) is 0 Å². The van der Waals surface area contributed by atoms with Crippen LogP contribution >= 0.6 is 11.6 Å². The van der Waals surface area contributed by atoms with Crippen LogP contribution in [-0.2, 0) is 0 Å². The van der Waals surface area contributed by atoms with Gasteiger partial charge >= 0.3 is 6.09 Å². The molecule has 78 valence electrons. The summed E-state index contributed by atoms with van der Waals surface area (Å²) in [6.45, 7) is 0. The van der Waals surface area contributed by atoms with E-state index in [1.165, 1.54) is 0 Å². The summed E-state index contributed by atoms with van der Waals surface area (Å²) in [4.78, 5) is 14.1. The zero-order valence-corrected chi connectivity index (χ0v) is 7.79. The molecule has 2 aromatic heterocycles. The molecule has 0 aromatic carbocycles. The molecule has 0 unspecified atom stereocenters. The molecule has 0 aliphatic carbocycles. The van der Waals surface area contributed by atoms with Crippen molar-refractivity contribution >= 4 is 28.7 Å². The lowest BCUT2D eigenvalue weighted by Crippen LogP contribution is -2.07. The fourth-order valence-corrected chi connectivity index (χ4v) is 1.38. The normalized spacial score (nSPS) is 10.9. The van der Waals surface area contributed by atoms with Crippen LogP contribution in [0.4, 0.5) is 13.6 Å². The largest absolute Gasteiger partial charge is 0.464 e. The fourth-order valence-electron chi connectivity index (χ4n) is 1.21. The molecule has 0 saturated heterocycles. The average molecular weight is 233 g/mol. The van der Waals surface area contributed by atoms with Crippen molar-refractivity contribution in [3.05, 3.63) is 29.1 Å². The smallest absolute Gasteiger partial charge is 0.417 e. The van der Waals surface area contributed by atoms with Crippen LogP contribution in [0.25, 0.3) is 11.0 Å². The van der Waals surface area contributed by atoms with E-state index in [2.05, 4.69) is 4.98 Å². The van der Waals surface area contributed by atoms with Gasteiger partial charge in [-0.1, -0.05) is 11.6 Å². The number of hydrogen-bond acceptors (Lipinski definition) is 2. The Morgan fingerprint density at radius 3 is 2.73 bits per heavy atom. The van der Waals surface area contributed by atoms with E-state index >= 15 is 0 Å². The van der Waals surface area contributed by atoms with Crippen molar-refractivity contribution in [2.24, 2.45) is 0 Å². The summed E-state index contributed by atoms with van der Waals surface area (Å²) in [7, 11) is 0. The van der Waals surface area contributed by atoms with Crippen LogP contribution < -0.4 is 0 Å². The standard InChI is InChI=1S/C8H3ClF2N2O2/c9-6-5(11)4(10)3-1-2-13(8(14)15)7(3)12-6/h1-2H,(H,14,15). The second kappa shape index (κ2) is 3.16. The molecule has 7 heteroatoms. The second-order valence-electron chi connectivity index (χ2n) is 2.74. The van der Waals surface area contributed by atoms with Crippen molar-refractivity contribution < 1.29 is 18.7 Å². The molecule has 0 radical (unpaired) electrons. The number of aromatic nitrogens is 2. The Balaban J connectivity index is 2.89. The molecular formula is C8H3ClF2N2O2. The Labute approximate surface area is 86.7 Å². The van der Waals surface area contributed by atoms with Crippen molar-refractivity contribution in [3.8, 4) is 0 Å². The topological polar surface area (TPSA) is 55.1 Å². The van der Waals surface area contributed by atoms with Gasteiger partial charge in [-0.2, -0.15) is 0 Å². The van der Waals surface area contributed by atoms with Crippen LogP contribution in [0.3, 0.4) is 0 Å². The van der Waals surface area contributed by atoms with Crippen molar-refractivity contribution in [1.29, 1.82) is 0 Å². The van der Waals surface area contributed by atoms with E-state index in [-0.39, 0.29) is 11.0 Å². The number of pyridine rings is 1. The Morgan fingerprint density at radius 2 is 2.13 bits per heavy atom. The molecule has 15 heavy (non-hydrogen) atoms. The molecule has 0 atom stereocenters. The molecule has 4 nitrogen and oxygen atoms in total. The summed E-state index contributed by atoms with van der Waals surface area (Å²) in [5.74, 6) is -2.49. The van der Waals surface area contributed by atoms with Crippen molar-refractivity contribution in [1.82, 2.24) is 9.55 Å². The zero-order chi connectivity index (χ0) is 11.2. The van der Waals surface area contributed by atoms with E-state index in [9.17, 15) is 13.6 Å². The van der Waals surface area contributed by atoms with E-state index in [1.54, 1.807) is 0 Å². The molecule has 0 aliphatic rings. The SMILES string of the molecule is O=C(O)n1ccc2c(F)c(F)c(Cl)nc21. The minimum absolute atomic E-state index is 0.223. The highest BCUT2D eigenvalue weighted by molar-refractivity contribution is 6.30. The van der Waals surface area contributed by atoms with Crippen LogP contribution in [0.15, 0.2) is 12.3 Å². The quantitative estimate of drug-likeness (QED) is 0.710. The second-order valence-corrected chi connectivity index (χ2v) is 3.09. The van der Waals surface area contributed by atoms with Gasteiger partial charge in [0.15, 0.2) is 22.4 Å². The Bertz CT molecular complexity index is 567. The van der Waals surface area contributed by atoms with Gasteiger partial charge in [0, 0.05) is 6.20 Å². The first-order valence-corrected chi connectivity index (χ1v) is 4.15. The maximum Gasteiger partial charge on any atom is 0.417 e. The molecule has 0 saturated carbocycles. The van der Waals surface area contributed by atoms with Crippen LogP contribution in [0.5, 0.6) is 0 Å². The molecule has 1 N–H and O–H groups in total. The lowest BCUT2D eigenvalue weighted by atomic mass is 10.3. The first-order chi connectivity index (χ1) is 7.02. The third kappa shape index (κ3) is 1.33. The van der Waals surface area contributed by atoms with Crippen LogP contribution in [0.1, 0.15) is 0 Å². The molecule has 2 aromatic rings. The minimum atomic E-state index is -1.35. The van der Waals surface area contributed by atoms with Gasteiger partial charge in [-0.05, 0) is 6.07 Å². The van der Waals surface area contributed by atoms with Crippen LogP contribution in [0, 0.1) is 11.6 Å². The lowest BCUT2D eigenvalue weighted by molar-refractivity contribution is 0.197. The molecule has 2 heterocycles. The van der Waals surface area contributed by atoms with Gasteiger partial charge in [0.25, 0.3) is 0 Å². The predicted molar refractivity (Wildman–Crippen MR) is 48.1 cm³/mol. The fraction of sp³-hybridized carbons (Fsp3) is 0. The maximum atomic E-state index is 13.2. The minimum Gasteiger partial charge on any atom is -0.464 e. The van der Waals surface area contributed by atoms with Gasteiger partial charge in [0.1, 0.15) is 0 Å². The van der Waals surface area contributed by atoms with Gasteiger partial charge in [0.05, 0.1) is 5.39 Å². The summed E-state index contributed by atoms with van der Waals surface area (Å²) in [5, 5.41) is 7.77. The number of hydrogen-bond donors (Lipinski definition) is 1. The molecule has 0 bridgehead atoms. The van der Waals surface area contributed by atoms with E-state index < -0.39 is 22.9 Å². The molecule has 0 aliphatic heterocycles. The third-order valence-electron chi connectivity index (χ3n) is 1.88. The first-order valence-electron chi connectivity index (χ1n) is 3.77. The van der Waals surface area contributed by atoms with Crippen LogP contribution in [0.2, 0.25) is 5.15 Å². The van der Waals surface area contributed by atoms with Crippen molar-refractivity contribution in [2.45, 2.75) is 0 Å². The molecule has 0 spiro atoms. The number of halogens is 3. The summed E-state index contributed by atoms with van der Waals surface area (Å²) in [6, 6.07) is 1.12. The molecule has 0 fully saturated rings. The predicted octanol–water partition coefficient (Wildman–Crippen LogP) is 2.49. The average Bonchev–Trinajstić information content (AvgIpc) is 2.58. The number of carboxylic acid groups (broad SMARTS) is 1. The number of nitrogens with zero attached hydrogens (tertiary/aromatic N) is 2. The zero-order valence-electron chi connectivity index (χ0n) is 7.04. The van der Waals surface area contributed by atoms with E-state index in [4.69, 9.17) is 16.7 Å². The van der Waals surface area contributed by atoms with Crippen molar-refractivity contribution in [3.63, 3.8) is 0 Å². The lowest BCUT2D eigenvalue weighted by Gasteiger charge is -1.99. The van der Waals surface area contributed by atoms with E-state index in [0.29, 0.717) is 4.57 Å². The highest BCUT2D eigenvalue weighted by atomic mass is 35.5. The van der Waals surface area contributed by atoms with Gasteiger partial charge in [-0.3, -0.25) is 0 Å². The number of carbonyl (C=O) groups is 1. The van der Waals surface area contributed by atoms with Crippen LogP contribution in [-0.4, -0.2) is 20.8 Å². The van der Waals surface area contributed by atoms with E-state index in [0.717, 1.165) is 12.3 Å². The summed E-state index contributed by atoms with van der Waals surface area (Å²) < 4.78 is 26.8. The van der Waals surface area contributed by atoms with Crippen molar-refractivity contribution in [2.75, 3.05) is 0 Å². The first kappa shape index (κ1) is 9.85. The maximum absolute atomic E-state index is 13.2. The molecule has 2 rings (SSSR count). The van der Waals surface area contributed by atoms with Gasteiger partial charge in [-0.25, -0.2) is 23.1 Å². The Morgan fingerprint density at radius 1 is 1.47 bits per heavy atom. The van der Waals surface area contributed by atoms with Gasteiger partial charge in [0.2, 0.25) is 0 Å². The summed E-state index contributed by atoms with van der Waals surface area (Å²) in [5.41, 5.74) is -0.230. The number of fused-ring (bicyclic) bond motifs is 1. The van der Waals surface area contributed by atoms with Gasteiger partial charge < -0.3 is 5.11 Å². The monoisotopic (exact) mass is 232 g/mol. The highest BCUT2D eigenvalue weighted by Crippen LogP contribution is 2.24. The molecular weight excluding hydrogens is 230 g/mol. The number of rotatable bonds is 0. The third-order valence-corrected chi connectivity index (χ3v) is 2.13. The highest BCUT2D eigenvalue weighted by Gasteiger charge is 2.18.